The highest BCUT2D eigenvalue weighted by Gasteiger charge is 2.44. The van der Waals surface area contributed by atoms with E-state index in [1.807, 2.05) is 75.4 Å². The van der Waals surface area contributed by atoms with Crippen molar-refractivity contribution in [3.8, 4) is 33.4 Å². The number of aliphatic hydroxyl groups excluding tert-OH is 1. The summed E-state index contributed by atoms with van der Waals surface area (Å²) in [6.07, 6.45) is -0.285. The number of nitrogens with one attached hydrogen (secondary N) is 2. The van der Waals surface area contributed by atoms with E-state index in [9.17, 15) is 24.6 Å². The Morgan fingerprint density at radius 2 is 1.73 bits per heavy atom. The normalized spacial score (nSPS) is 19.1. The number of carbonyl (C=O) groups excluding carboxylic acids is 3. The van der Waals surface area contributed by atoms with Crippen LogP contribution in [0.5, 0.6) is 23.0 Å². The van der Waals surface area contributed by atoms with Gasteiger partial charge in [-0.05, 0) is 72.5 Å². The summed E-state index contributed by atoms with van der Waals surface area (Å²) >= 11 is 9.04. The number of benzene rings is 3. The molecule has 0 spiro atoms. The number of likely N-dealkylation sites (tertiary alicyclic amines) is 1. The number of halogens is 1. The molecule has 62 heavy (non-hydrogen) atoms. The summed E-state index contributed by atoms with van der Waals surface area (Å²) in [5, 5.41) is 27.6. The molecule has 17 heteroatoms. The second kappa shape index (κ2) is 22.0. The van der Waals surface area contributed by atoms with E-state index in [-0.39, 0.29) is 37.1 Å². The van der Waals surface area contributed by atoms with Crippen molar-refractivity contribution >= 4 is 73.6 Å². The number of hydrogen-bond acceptors (Lipinski definition) is 13. The lowest BCUT2D eigenvalue weighted by atomic mass is 9.85. The van der Waals surface area contributed by atoms with Gasteiger partial charge in [-0.2, -0.15) is 0 Å². The number of phenols is 1. The Morgan fingerprint density at radius 1 is 1.02 bits per heavy atom. The molecule has 4 N–H and O–H groups in total. The average molecular weight is 954 g/mol. The molecule has 2 unspecified atom stereocenters. The molecule has 3 heterocycles. The van der Waals surface area contributed by atoms with Gasteiger partial charge in [0.2, 0.25) is 11.8 Å². The van der Waals surface area contributed by atoms with Gasteiger partial charge in [0.1, 0.15) is 42.3 Å². The van der Waals surface area contributed by atoms with Gasteiger partial charge >= 0.3 is 0 Å². The molecule has 0 bridgehead atoms. The van der Waals surface area contributed by atoms with Gasteiger partial charge in [-0.3, -0.25) is 24.4 Å². The van der Waals surface area contributed by atoms with Gasteiger partial charge in [0.15, 0.2) is 5.75 Å². The second-order valence-corrected chi connectivity index (χ2v) is 18.8. The van der Waals surface area contributed by atoms with Crippen LogP contribution in [0.3, 0.4) is 0 Å². The third-order valence-electron chi connectivity index (χ3n) is 11.0. The van der Waals surface area contributed by atoms with Crippen LogP contribution >= 0.6 is 39.9 Å². The molecule has 2 fully saturated rings. The summed E-state index contributed by atoms with van der Waals surface area (Å²) in [5.41, 5.74) is 1.79. The van der Waals surface area contributed by atoms with Gasteiger partial charge in [-0.1, -0.05) is 48.8 Å². The summed E-state index contributed by atoms with van der Waals surface area (Å²) < 4.78 is 20.2. The molecule has 6 rings (SSSR count). The SMILES string of the molecule is CC(/N=C\S)NC(=O)[C@@H]1C[C@@H](O)CN1C(=O)[C@@H](NCC(C=O)N1CCN(CCOCCOc2ccc(Oc3c(-c4ccc(Br)cc4)sc4cc(O)ccc34)cc2)CC1)C(C)(C)C. The first-order valence-electron chi connectivity index (χ1n) is 20.8. The molecule has 0 aliphatic carbocycles. The van der Waals surface area contributed by atoms with Crippen molar-refractivity contribution in [1.29, 1.82) is 0 Å². The first kappa shape index (κ1) is 47.4. The maximum atomic E-state index is 14.0. The molecule has 2 aliphatic rings. The van der Waals surface area contributed by atoms with E-state index in [1.54, 1.807) is 30.4 Å². The third kappa shape index (κ3) is 12.6. The number of piperazine rings is 1. The number of aliphatic hydroxyl groups is 1. The van der Waals surface area contributed by atoms with Gasteiger partial charge < -0.3 is 44.8 Å². The number of β-amino-alcohol motifs (C(OH)–C–C–N with tert-alkyl or cyclic N) is 1. The Labute approximate surface area is 381 Å². The smallest absolute Gasteiger partial charge is 0.244 e. The van der Waals surface area contributed by atoms with Crippen LogP contribution in [-0.2, 0) is 19.1 Å². The highest BCUT2D eigenvalue weighted by atomic mass is 79.9. The molecule has 2 saturated heterocycles. The van der Waals surface area contributed by atoms with Gasteiger partial charge in [-0.25, -0.2) is 0 Å². The van der Waals surface area contributed by atoms with Crippen LogP contribution in [0, 0.1) is 5.41 Å². The number of aldehydes is 1. The number of ether oxygens (including phenoxy) is 3. The summed E-state index contributed by atoms with van der Waals surface area (Å²) in [4.78, 5) is 50.3. The van der Waals surface area contributed by atoms with Gasteiger partial charge in [0.25, 0.3) is 0 Å². The van der Waals surface area contributed by atoms with Crippen molar-refractivity contribution in [2.75, 3.05) is 65.6 Å². The lowest BCUT2D eigenvalue weighted by Crippen LogP contribution is -2.60. The number of amides is 2. The van der Waals surface area contributed by atoms with E-state index in [0.29, 0.717) is 44.4 Å². The van der Waals surface area contributed by atoms with Crippen molar-refractivity contribution < 1.29 is 38.8 Å². The van der Waals surface area contributed by atoms with Gasteiger partial charge in [-0.15, -0.1) is 24.0 Å². The van der Waals surface area contributed by atoms with Crippen molar-refractivity contribution in [3.63, 3.8) is 0 Å². The maximum Gasteiger partial charge on any atom is 0.244 e. The molecular formula is C45H57BrN6O8S2. The summed E-state index contributed by atoms with van der Waals surface area (Å²) in [6.45, 7) is 12.9. The summed E-state index contributed by atoms with van der Waals surface area (Å²) in [5.74, 6) is 1.64. The number of aromatic hydroxyl groups is 1. The monoisotopic (exact) mass is 952 g/mol. The fourth-order valence-electron chi connectivity index (χ4n) is 7.69. The zero-order valence-electron chi connectivity index (χ0n) is 35.5. The van der Waals surface area contributed by atoms with Crippen molar-refractivity contribution in [3.05, 3.63) is 71.2 Å². The summed E-state index contributed by atoms with van der Waals surface area (Å²) in [6, 6.07) is 18.9. The highest BCUT2D eigenvalue weighted by molar-refractivity contribution is 9.10. The zero-order chi connectivity index (χ0) is 44.4. The van der Waals surface area contributed by atoms with Crippen LogP contribution in [0.4, 0.5) is 0 Å². The van der Waals surface area contributed by atoms with Crippen LogP contribution in [0.25, 0.3) is 20.5 Å². The lowest BCUT2D eigenvalue weighted by molar-refractivity contribution is -0.142. The molecule has 334 valence electrons. The average Bonchev–Trinajstić information content (AvgIpc) is 3.81. The largest absolute Gasteiger partial charge is 0.508 e. The van der Waals surface area contributed by atoms with E-state index in [1.165, 1.54) is 10.4 Å². The number of hydrogen-bond donors (Lipinski definition) is 5. The fraction of sp³-hybridized carbons (Fsp3) is 0.467. The number of thiophene rings is 1. The topological polar surface area (TPSA) is 165 Å². The fourth-order valence-corrected chi connectivity index (χ4v) is 9.32. The Hall–Kier alpha value is -4.07. The number of nitrogens with zero attached hydrogens (tertiary/aromatic N) is 4. The van der Waals surface area contributed by atoms with E-state index in [4.69, 9.17) is 14.2 Å². The lowest BCUT2D eigenvalue weighted by Gasteiger charge is -2.39. The third-order valence-corrected chi connectivity index (χ3v) is 12.9. The quantitative estimate of drug-likeness (QED) is 0.0254. The molecule has 2 aliphatic heterocycles. The van der Waals surface area contributed by atoms with E-state index in [2.05, 4.69) is 54.0 Å². The Morgan fingerprint density at radius 3 is 2.40 bits per heavy atom. The molecular weight excluding hydrogens is 897 g/mol. The minimum absolute atomic E-state index is 0.0496. The number of carbonyl (C=O) groups is 3. The van der Waals surface area contributed by atoms with Crippen molar-refractivity contribution in [2.24, 2.45) is 10.4 Å². The van der Waals surface area contributed by atoms with E-state index in [0.717, 1.165) is 56.7 Å². The van der Waals surface area contributed by atoms with Crippen molar-refractivity contribution in [2.45, 2.75) is 64.5 Å². The standard InChI is InChI=1S/C45H57BrN6O8S2/c1-29(48-28-61)49-43(56)38-23-34(55)26-52(38)44(57)42(45(2,3)4)47-25-32(27-53)51-17-15-50(16-18-51)19-20-58-21-22-59-35-10-12-36(13-11-35)60-40-37-14-9-33(54)24-39(37)62-41(40)30-5-7-31(46)8-6-30/h5-14,24,27-29,32,34,38,42,47,54-55H,15-23,25-26H2,1-4H3,(H,48,61)(H,49,56)/t29?,32?,34-,38+,42-/m1/s1. The first-order valence-corrected chi connectivity index (χ1v) is 23.0. The second-order valence-electron chi connectivity index (χ2n) is 16.6. The van der Waals surface area contributed by atoms with Crippen LogP contribution in [0.15, 0.2) is 76.2 Å². The molecule has 1 aromatic heterocycles. The van der Waals surface area contributed by atoms with Crippen molar-refractivity contribution in [1.82, 2.24) is 25.3 Å². The van der Waals surface area contributed by atoms with Gasteiger partial charge in [0.05, 0.1) is 41.8 Å². The summed E-state index contributed by atoms with van der Waals surface area (Å²) in [7, 11) is 0. The number of aliphatic imine (C=N–C) groups is 1. The number of thiol groups is 1. The first-order chi connectivity index (χ1) is 29.7. The minimum atomic E-state index is -0.831. The Balaban J connectivity index is 0.911. The van der Waals surface area contributed by atoms with E-state index >= 15 is 0 Å². The molecule has 4 aromatic rings. The number of phenolic OH excluding ortho intramolecular Hbond substituents is 1. The molecule has 3 aromatic carbocycles. The number of rotatable bonds is 19. The van der Waals surface area contributed by atoms with Crippen LogP contribution in [-0.4, -0.2) is 145 Å². The minimum Gasteiger partial charge on any atom is -0.508 e. The Kier molecular flexibility index (Phi) is 16.8. The molecule has 14 nitrogen and oxygen atoms in total. The van der Waals surface area contributed by atoms with Gasteiger partial charge in [0, 0.05) is 66.8 Å². The highest BCUT2D eigenvalue weighted by Crippen LogP contribution is 2.47. The molecule has 0 radical (unpaired) electrons. The molecule has 5 atom stereocenters. The van der Waals surface area contributed by atoms with Crippen LogP contribution in [0.2, 0.25) is 0 Å². The molecule has 0 saturated carbocycles. The number of fused-ring (bicyclic) bond motifs is 1. The molecule has 2 amide bonds. The van der Waals surface area contributed by atoms with Crippen LogP contribution in [0.1, 0.15) is 34.1 Å². The zero-order valence-corrected chi connectivity index (χ0v) is 38.8. The van der Waals surface area contributed by atoms with Crippen LogP contribution < -0.4 is 20.1 Å². The Bertz CT molecular complexity index is 2140. The maximum absolute atomic E-state index is 14.0. The predicted octanol–water partition coefficient (Wildman–Crippen LogP) is 5.80. The predicted molar refractivity (Wildman–Crippen MR) is 250 cm³/mol. The van der Waals surface area contributed by atoms with E-state index < -0.39 is 35.8 Å².